The fourth-order valence-corrected chi connectivity index (χ4v) is 1.82. The summed E-state index contributed by atoms with van der Waals surface area (Å²) in [4.78, 5) is 0. The average Bonchev–Trinajstić information content (AvgIpc) is 2.84. The monoisotopic (exact) mass is 253 g/mol. The second-order valence-corrected chi connectivity index (χ2v) is 4.13. The number of hydrogen-bond acceptors (Lipinski definition) is 5. The zero-order valence-corrected chi connectivity index (χ0v) is 10.8. The second kappa shape index (κ2) is 6.58. The van der Waals surface area contributed by atoms with Crippen LogP contribution in [0.1, 0.15) is 5.56 Å². The minimum absolute atomic E-state index is 0.0467. The Morgan fingerprint density at radius 2 is 2.17 bits per heavy atom. The first-order chi connectivity index (χ1) is 8.83. The lowest BCUT2D eigenvalue weighted by molar-refractivity contribution is -0.00923. The Morgan fingerprint density at radius 3 is 2.94 bits per heavy atom. The summed E-state index contributed by atoms with van der Waals surface area (Å²) in [7, 11) is 3.57. The van der Waals surface area contributed by atoms with Gasteiger partial charge in [0.05, 0.1) is 19.3 Å². The largest absolute Gasteiger partial charge is 0.454 e. The Hall–Kier alpha value is -1.30. The molecule has 1 aliphatic heterocycles. The summed E-state index contributed by atoms with van der Waals surface area (Å²) in [5, 5.41) is 3.08. The second-order valence-electron chi connectivity index (χ2n) is 4.13. The van der Waals surface area contributed by atoms with Crippen LogP contribution < -0.4 is 14.8 Å². The number of methoxy groups -OCH3 is 1. The van der Waals surface area contributed by atoms with Crippen molar-refractivity contribution in [2.24, 2.45) is 0 Å². The normalized spacial score (nSPS) is 14.8. The molecular formula is C13H19NO4. The van der Waals surface area contributed by atoms with Crippen molar-refractivity contribution < 1.29 is 18.9 Å². The number of benzene rings is 1. The number of ether oxygens (including phenoxy) is 4. The Balaban J connectivity index is 1.88. The maximum absolute atomic E-state index is 5.78. The van der Waals surface area contributed by atoms with Crippen molar-refractivity contribution in [1.82, 2.24) is 5.32 Å². The molecule has 1 N–H and O–H groups in total. The predicted octanol–water partition coefficient (Wildman–Crippen LogP) is 1.17. The molecule has 100 valence electrons. The number of hydrogen-bond donors (Lipinski definition) is 1. The molecule has 18 heavy (non-hydrogen) atoms. The van der Waals surface area contributed by atoms with Crippen molar-refractivity contribution in [3.63, 3.8) is 0 Å². The lowest BCUT2D eigenvalue weighted by Crippen LogP contribution is -2.30. The number of likely N-dealkylation sites (N-methyl/N-ethyl adjacent to an activating group) is 1. The van der Waals surface area contributed by atoms with Crippen molar-refractivity contribution >= 4 is 0 Å². The van der Waals surface area contributed by atoms with Gasteiger partial charge in [-0.25, -0.2) is 0 Å². The third-order valence-electron chi connectivity index (χ3n) is 2.71. The van der Waals surface area contributed by atoms with Gasteiger partial charge in [-0.15, -0.1) is 0 Å². The Morgan fingerprint density at radius 1 is 1.33 bits per heavy atom. The van der Waals surface area contributed by atoms with E-state index in [0.29, 0.717) is 20.0 Å². The first-order valence-electron chi connectivity index (χ1n) is 5.97. The van der Waals surface area contributed by atoms with E-state index in [-0.39, 0.29) is 6.10 Å². The molecule has 0 bridgehead atoms. The maximum atomic E-state index is 5.78. The molecule has 2 rings (SSSR count). The van der Waals surface area contributed by atoms with E-state index in [1.807, 2.05) is 25.2 Å². The summed E-state index contributed by atoms with van der Waals surface area (Å²) in [5.74, 6) is 1.58. The highest BCUT2D eigenvalue weighted by molar-refractivity contribution is 5.44. The minimum Gasteiger partial charge on any atom is -0.454 e. The predicted molar refractivity (Wildman–Crippen MR) is 66.9 cm³/mol. The van der Waals surface area contributed by atoms with Crippen LogP contribution in [0.5, 0.6) is 11.5 Å². The fraction of sp³-hybridized carbons (Fsp3) is 0.538. The molecule has 1 unspecified atom stereocenters. The SMILES string of the molecule is CNCC(COC)OCc1ccc2c(c1)OCO2. The Labute approximate surface area is 107 Å². The van der Waals surface area contributed by atoms with E-state index in [4.69, 9.17) is 18.9 Å². The van der Waals surface area contributed by atoms with Gasteiger partial charge in [-0.2, -0.15) is 0 Å². The average molecular weight is 253 g/mol. The first kappa shape index (κ1) is 13.1. The Bertz CT molecular complexity index is 377. The van der Waals surface area contributed by atoms with Gasteiger partial charge in [0, 0.05) is 13.7 Å². The van der Waals surface area contributed by atoms with Gasteiger partial charge in [-0.3, -0.25) is 0 Å². The number of nitrogens with one attached hydrogen (secondary N) is 1. The molecule has 5 nitrogen and oxygen atoms in total. The molecule has 0 fully saturated rings. The lowest BCUT2D eigenvalue weighted by atomic mass is 10.2. The van der Waals surface area contributed by atoms with Crippen molar-refractivity contribution in [1.29, 1.82) is 0 Å². The summed E-state index contributed by atoms with van der Waals surface area (Å²) < 4.78 is 21.5. The van der Waals surface area contributed by atoms with Gasteiger partial charge in [0.15, 0.2) is 11.5 Å². The molecule has 0 saturated carbocycles. The summed E-state index contributed by atoms with van der Waals surface area (Å²) in [6.45, 7) is 2.17. The Kier molecular flexibility index (Phi) is 4.81. The van der Waals surface area contributed by atoms with Crippen LogP contribution in [-0.4, -0.2) is 40.2 Å². The van der Waals surface area contributed by atoms with Crippen LogP contribution in [-0.2, 0) is 16.1 Å². The highest BCUT2D eigenvalue weighted by atomic mass is 16.7. The fourth-order valence-electron chi connectivity index (χ4n) is 1.82. The molecular weight excluding hydrogens is 234 g/mol. The standard InChI is InChI=1S/C13H19NO4/c1-14-6-11(8-15-2)16-7-10-3-4-12-13(5-10)18-9-17-12/h3-5,11,14H,6-9H2,1-2H3. The van der Waals surface area contributed by atoms with Crippen LogP contribution in [0.25, 0.3) is 0 Å². The van der Waals surface area contributed by atoms with E-state index in [9.17, 15) is 0 Å². The van der Waals surface area contributed by atoms with Gasteiger partial charge in [-0.05, 0) is 24.7 Å². The minimum atomic E-state index is 0.0467. The molecule has 0 spiro atoms. The molecule has 0 amide bonds. The molecule has 1 atom stereocenters. The number of rotatable bonds is 7. The van der Waals surface area contributed by atoms with E-state index in [1.54, 1.807) is 7.11 Å². The lowest BCUT2D eigenvalue weighted by Gasteiger charge is -2.16. The first-order valence-corrected chi connectivity index (χ1v) is 5.97. The molecule has 1 aliphatic rings. The molecule has 0 radical (unpaired) electrons. The van der Waals surface area contributed by atoms with Crippen molar-refractivity contribution in [2.75, 3.05) is 34.1 Å². The summed E-state index contributed by atoms with van der Waals surface area (Å²) in [5.41, 5.74) is 1.07. The quantitative estimate of drug-likeness (QED) is 0.790. The molecule has 1 aromatic rings. The van der Waals surface area contributed by atoms with Gasteiger partial charge in [0.1, 0.15) is 0 Å². The van der Waals surface area contributed by atoms with Crippen molar-refractivity contribution in [2.45, 2.75) is 12.7 Å². The molecule has 1 heterocycles. The van der Waals surface area contributed by atoms with Gasteiger partial charge in [0.2, 0.25) is 6.79 Å². The third-order valence-corrected chi connectivity index (χ3v) is 2.71. The van der Waals surface area contributed by atoms with Crippen LogP contribution in [0.3, 0.4) is 0 Å². The number of fused-ring (bicyclic) bond motifs is 1. The van der Waals surface area contributed by atoms with E-state index >= 15 is 0 Å². The summed E-state index contributed by atoms with van der Waals surface area (Å²) >= 11 is 0. The van der Waals surface area contributed by atoms with Gasteiger partial charge >= 0.3 is 0 Å². The zero-order chi connectivity index (χ0) is 12.8. The molecule has 1 aromatic carbocycles. The van der Waals surface area contributed by atoms with Crippen LogP contribution in [0, 0.1) is 0 Å². The summed E-state index contributed by atoms with van der Waals surface area (Å²) in [6, 6.07) is 5.84. The van der Waals surface area contributed by atoms with Gasteiger partial charge in [-0.1, -0.05) is 6.07 Å². The van der Waals surface area contributed by atoms with Crippen LogP contribution in [0.4, 0.5) is 0 Å². The van der Waals surface area contributed by atoms with Crippen molar-refractivity contribution in [3.8, 4) is 11.5 Å². The highest BCUT2D eigenvalue weighted by Crippen LogP contribution is 2.32. The van der Waals surface area contributed by atoms with E-state index in [1.165, 1.54) is 0 Å². The van der Waals surface area contributed by atoms with Crippen LogP contribution >= 0.6 is 0 Å². The van der Waals surface area contributed by atoms with E-state index in [2.05, 4.69) is 5.32 Å². The molecule has 0 aliphatic carbocycles. The van der Waals surface area contributed by atoms with E-state index in [0.717, 1.165) is 23.6 Å². The molecule has 5 heteroatoms. The van der Waals surface area contributed by atoms with Crippen molar-refractivity contribution in [3.05, 3.63) is 23.8 Å². The topological polar surface area (TPSA) is 49.0 Å². The van der Waals surface area contributed by atoms with Gasteiger partial charge in [0.25, 0.3) is 0 Å². The smallest absolute Gasteiger partial charge is 0.231 e. The molecule has 0 aromatic heterocycles. The highest BCUT2D eigenvalue weighted by Gasteiger charge is 2.14. The van der Waals surface area contributed by atoms with Crippen LogP contribution in [0.2, 0.25) is 0 Å². The molecule has 0 saturated heterocycles. The third kappa shape index (κ3) is 3.35. The zero-order valence-electron chi connectivity index (χ0n) is 10.8. The van der Waals surface area contributed by atoms with E-state index < -0.39 is 0 Å². The summed E-state index contributed by atoms with van der Waals surface area (Å²) in [6.07, 6.45) is 0.0467. The maximum Gasteiger partial charge on any atom is 0.231 e. The van der Waals surface area contributed by atoms with Gasteiger partial charge < -0.3 is 24.3 Å². The van der Waals surface area contributed by atoms with Crippen LogP contribution in [0.15, 0.2) is 18.2 Å².